The van der Waals surface area contributed by atoms with E-state index in [1.807, 2.05) is 0 Å². The molecular weight excluding hydrogens is 220 g/mol. The van der Waals surface area contributed by atoms with Gasteiger partial charge in [0.15, 0.2) is 5.82 Å². The van der Waals surface area contributed by atoms with Crippen LogP contribution in [0.5, 0.6) is 0 Å². The van der Waals surface area contributed by atoms with Crippen molar-refractivity contribution in [2.45, 2.75) is 19.4 Å². The third-order valence-electron chi connectivity index (χ3n) is 2.25. The molecule has 0 spiro atoms. The zero-order valence-corrected chi connectivity index (χ0v) is 9.87. The van der Waals surface area contributed by atoms with Crippen LogP contribution in [0, 0.1) is 0 Å². The van der Waals surface area contributed by atoms with Gasteiger partial charge in [-0.05, 0) is 35.7 Å². The first-order valence-electron chi connectivity index (χ1n) is 5.09. The fourth-order valence-corrected chi connectivity index (χ4v) is 2.19. The van der Waals surface area contributed by atoms with E-state index in [2.05, 4.69) is 39.0 Å². The van der Waals surface area contributed by atoms with Crippen molar-refractivity contribution in [1.29, 1.82) is 0 Å². The zero-order valence-electron chi connectivity index (χ0n) is 9.05. The monoisotopic (exact) mass is 234 g/mol. The van der Waals surface area contributed by atoms with Gasteiger partial charge in [-0.2, -0.15) is 11.3 Å². The Balaban J connectivity index is 1.97. The largest absolute Gasteiger partial charge is 0.394 e. The maximum absolute atomic E-state index is 5.76. The highest BCUT2D eigenvalue weighted by molar-refractivity contribution is 7.07. The molecule has 0 aliphatic heterocycles. The van der Waals surface area contributed by atoms with Crippen LogP contribution in [0.4, 0.5) is 11.5 Å². The molecule has 0 aromatic carbocycles. The molecule has 0 saturated carbocycles. The summed E-state index contributed by atoms with van der Waals surface area (Å²) in [6.07, 6.45) is 4.07. The third-order valence-corrected chi connectivity index (χ3v) is 2.98. The van der Waals surface area contributed by atoms with E-state index in [0.717, 1.165) is 6.42 Å². The van der Waals surface area contributed by atoms with Crippen LogP contribution in [0.25, 0.3) is 0 Å². The number of nitrogens with two attached hydrogens (primary N) is 1. The highest BCUT2D eigenvalue weighted by atomic mass is 32.1. The third kappa shape index (κ3) is 2.70. The molecular formula is C11H14N4S. The molecule has 84 valence electrons. The van der Waals surface area contributed by atoms with Gasteiger partial charge in [0, 0.05) is 6.04 Å². The molecule has 16 heavy (non-hydrogen) atoms. The minimum atomic E-state index is 0.298. The molecule has 1 unspecified atom stereocenters. The van der Waals surface area contributed by atoms with Gasteiger partial charge < -0.3 is 11.1 Å². The van der Waals surface area contributed by atoms with Crippen LogP contribution in [0.3, 0.4) is 0 Å². The van der Waals surface area contributed by atoms with Crippen molar-refractivity contribution < 1.29 is 0 Å². The van der Waals surface area contributed by atoms with Gasteiger partial charge in [-0.1, -0.05) is 0 Å². The summed E-state index contributed by atoms with van der Waals surface area (Å²) < 4.78 is 0. The number of nitrogen functional groups attached to an aromatic ring is 1. The van der Waals surface area contributed by atoms with Crippen LogP contribution in [-0.2, 0) is 6.42 Å². The number of nitrogens with one attached hydrogen (secondary N) is 1. The lowest BCUT2D eigenvalue weighted by Gasteiger charge is -2.14. The number of anilines is 2. The Kier molecular flexibility index (Phi) is 3.36. The van der Waals surface area contributed by atoms with E-state index >= 15 is 0 Å². The van der Waals surface area contributed by atoms with E-state index in [0.29, 0.717) is 17.5 Å². The molecule has 2 rings (SSSR count). The molecule has 0 fully saturated rings. The van der Waals surface area contributed by atoms with Crippen LogP contribution < -0.4 is 11.1 Å². The zero-order chi connectivity index (χ0) is 11.4. The lowest BCUT2D eigenvalue weighted by atomic mass is 10.1. The lowest BCUT2D eigenvalue weighted by Crippen LogP contribution is -2.19. The van der Waals surface area contributed by atoms with E-state index in [4.69, 9.17) is 5.73 Å². The second-order valence-corrected chi connectivity index (χ2v) is 4.49. The summed E-state index contributed by atoms with van der Waals surface area (Å²) in [4.78, 5) is 7.96. The summed E-state index contributed by atoms with van der Waals surface area (Å²) in [6, 6.07) is 2.43. The molecule has 2 heterocycles. The van der Waals surface area contributed by atoms with Gasteiger partial charge >= 0.3 is 0 Å². The minimum absolute atomic E-state index is 0.298. The van der Waals surface area contributed by atoms with E-state index in [1.165, 1.54) is 11.9 Å². The Morgan fingerprint density at radius 2 is 2.44 bits per heavy atom. The Bertz CT molecular complexity index is 441. The Labute approximate surface area is 98.6 Å². The summed E-state index contributed by atoms with van der Waals surface area (Å²) in [6.45, 7) is 2.11. The first kappa shape index (κ1) is 10.9. The van der Waals surface area contributed by atoms with Crippen molar-refractivity contribution in [2.75, 3.05) is 11.1 Å². The Hall–Kier alpha value is -1.62. The molecule has 2 aromatic rings. The van der Waals surface area contributed by atoms with Gasteiger partial charge in [0.25, 0.3) is 0 Å². The Morgan fingerprint density at radius 3 is 3.12 bits per heavy atom. The smallest absolute Gasteiger partial charge is 0.152 e. The van der Waals surface area contributed by atoms with Crippen LogP contribution in [0.15, 0.2) is 29.4 Å². The first-order valence-corrected chi connectivity index (χ1v) is 6.03. The molecule has 0 bridgehead atoms. The molecule has 0 aliphatic rings. The van der Waals surface area contributed by atoms with Gasteiger partial charge in [0.05, 0.1) is 11.9 Å². The molecule has 2 aromatic heterocycles. The average molecular weight is 234 g/mol. The van der Waals surface area contributed by atoms with E-state index in [-0.39, 0.29) is 0 Å². The second kappa shape index (κ2) is 4.94. The number of hydrogen-bond donors (Lipinski definition) is 2. The van der Waals surface area contributed by atoms with Gasteiger partial charge in [0.1, 0.15) is 6.33 Å². The topological polar surface area (TPSA) is 63.8 Å². The molecule has 0 radical (unpaired) electrons. The van der Waals surface area contributed by atoms with E-state index < -0.39 is 0 Å². The van der Waals surface area contributed by atoms with E-state index in [1.54, 1.807) is 17.5 Å². The average Bonchev–Trinajstić information content (AvgIpc) is 2.74. The van der Waals surface area contributed by atoms with Crippen LogP contribution >= 0.6 is 11.3 Å². The number of thiophene rings is 1. The minimum Gasteiger partial charge on any atom is -0.394 e. The fraction of sp³-hybridized carbons (Fsp3) is 0.273. The molecule has 5 heteroatoms. The molecule has 0 saturated heterocycles. The van der Waals surface area contributed by atoms with Gasteiger partial charge in [-0.3, -0.25) is 0 Å². The predicted molar refractivity (Wildman–Crippen MR) is 67.6 cm³/mol. The summed E-state index contributed by atoms with van der Waals surface area (Å²) in [5.74, 6) is 0.706. The standard InChI is InChI=1S/C11H14N4S/c1-8(4-9-2-3-16-6-9)15-11-10(12)5-13-7-14-11/h2-3,5-8H,4,12H2,1H3,(H,13,14,15). The van der Waals surface area contributed by atoms with Gasteiger partial charge in [-0.25, -0.2) is 9.97 Å². The van der Waals surface area contributed by atoms with Gasteiger partial charge in [-0.15, -0.1) is 0 Å². The van der Waals surface area contributed by atoms with Crippen LogP contribution in [-0.4, -0.2) is 16.0 Å². The summed E-state index contributed by atoms with van der Waals surface area (Å²) in [7, 11) is 0. The maximum atomic E-state index is 5.76. The van der Waals surface area contributed by atoms with Crippen molar-refractivity contribution in [1.82, 2.24) is 9.97 Å². The SMILES string of the molecule is CC(Cc1ccsc1)Nc1ncncc1N. The molecule has 4 nitrogen and oxygen atoms in total. The summed E-state index contributed by atoms with van der Waals surface area (Å²) in [5, 5.41) is 7.52. The van der Waals surface area contributed by atoms with E-state index in [9.17, 15) is 0 Å². The Morgan fingerprint density at radius 1 is 1.56 bits per heavy atom. The van der Waals surface area contributed by atoms with Gasteiger partial charge in [0.2, 0.25) is 0 Å². The molecule has 1 atom stereocenters. The van der Waals surface area contributed by atoms with Crippen LogP contribution in [0.2, 0.25) is 0 Å². The van der Waals surface area contributed by atoms with Crippen molar-refractivity contribution in [3.63, 3.8) is 0 Å². The summed E-state index contributed by atoms with van der Waals surface area (Å²) in [5.41, 5.74) is 7.67. The summed E-state index contributed by atoms with van der Waals surface area (Å²) >= 11 is 1.71. The maximum Gasteiger partial charge on any atom is 0.152 e. The highest BCUT2D eigenvalue weighted by Crippen LogP contribution is 2.15. The number of nitrogens with zero attached hydrogens (tertiary/aromatic N) is 2. The predicted octanol–water partition coefficient (Wildman–Crippen LogP) is 2.16. The molecule has 0 amide bonds. The fourth-order valence-electron chi connectivity index (χ4n) is 1.51. The molecule has 3 N–H and O–H groups in total. The molecule has 0 aliphatic carbocycles. The van der Waals surface area contributed by atoms with Crippen molar-refractivity contribution >= 4 is 22.8 Å². The van der Waals surface area contributed by atoms with Crippen molar-refractivity contribution in [3.05, 3.63) is 34.9 Å². The number of rotatable bonds is 4. The first-order chi connectivity index (χ1) is 7.75. The number of hydrogen-bond acceptors (Lipinski definition) is 5. The van der Waals surface area contributed by atoms with Crippen molar-refractivity contribution in [3.8, 4) is 0 Å². The van der Waals surface area contributed by atoms with Crippen molar-refractivity contribution in [2.24, 2.45) is 0 Å². The normalized spacial score (nSPS) is 12.3. The number of aromatic nitrogens is 2. The quantitative estimate of drug-likeness (QED) is 0.851. The lowest BCUT2D eigenvalue weighted by molar-refractivity contribution is 0.786. The van der Waals surface area contributed by atoms with Crippen LogP contribution in [0.1, 0.15) is 12.5 Å². The second-order valence-electron chi connectivity index (χ2n) is 3.71. The highest BCUT2D eigenvalue weighted by Gasteiger charge is 2.06.